The summed E-state index contributed by atoms with van der Waals surface area (Å²) < 4.78 is 5.41. The van der Waals surface area contributed by atoms with Crippen molar-refractivity contribution < 1.29 is 9.53 Å². The van der Waals surface area contributed by atoms with Gasteiger partial charge in [0, 0.05) is 17.4 Å². The lowest BCUT2D eigenvalue weighted by atomic mass is 10.1. The molecule has 3 rings (SSSR count). The van der Waals surface area contributed by atoms with E-state index in [9.17, 15) is 4.79 Å². The third-order valence-electron chi connectivity index (χ3n) is 4.28. The number of benzene rings is 2. The van der Waals surface area contributed by atoms with Crippen LogP contribution in [0, 0.1) is 6.92 Å². The SMILES string of the molecule is CCc1ccc(NC(=O)c2ccc(-c3cc(C)ccc3OC)nc2)cc1. The van der Waals surface area contributed by atoms with Gasteiger partial charge in [-0.05, 0) is 55.3 Å². The molecule has 1 amide bonds. The van der Waals surface area contributed by atoms with Crippen molar-refractivity contribution in [1.82, 2.24) is 4.98 Å². The molecule has 0 aliphatic carbocycles. The van der Waals surface area contributed by atoms with E-state index < -0.39 is 0 Å². The lowest BCUT2D eigenvalue weighted by molar-refractivity contribution is 0.102. The van der Waals surface area contributed by atoms with Gasteiger partial charge in [0.15, 0.2) is 0 Å². The van der Waals surface area contributed by atoms with Crippen LogP contribution in [0.3, 0.4) is 0 Å². The summed E-state index contributed by atoms with van der Waals surface area (Å²) in [4.78, 5) is 16.9. The Bertz CT molecular complexity index is 900. The molecule has 1 heterocycles. The van der Waals surface area contributed by atoms with Gasteiger partial charge in [0.1, 0.15) is 5.75 Å². The summed E-state index contributed by atoms with van der Waals surface area (Å²) in [6.45, 7) is 4.12. The first-order valence-corrected chi connectivity index (χ1v) is 8.62. The van der Waals surface area contributed by atoms with Crippen LogP contribution in [-0.4, -0.2) is 18.0 Å². The normalized spacial score (nSPS) is 10.4. The number of hydrogen-bond donors (Lipinski definition) is 1. The fraction of sp³-hybridized carbons (Fsp3) is 0.182. The zero-order valence-corrected chi connectivity index (χ0v) is 15.2. The zero-order chi connectivity index (χ0) is 18.5. The molecular weight excluding hydrogens is 324 g/mol. The Morgan fingerprint density at radius 3 is 2.46 bits per heavy atom. The van der Waals surface area contributed by atoms with Crippen LogP contribution in [0.4, 0.5) is 5.69 Å². The van der Waals surface area contributed by atoms with Gasteiger partial charge in [-0.2, -0.15) is 0 Å². The van der Waals surface area contributed by atoms with Crippen LogP contribution >= 0.6 is 0 Å². The maximum atomic E-state index is 12.4. The molecule has 2 aromatic carbocycles. The number of amides is 1. The Morgan fingerprint density at radius 2 is 1.85 bits per heavy atom. The molecule has 0 bridgehead atoms. The molecule has 0 fully saturated rings. The van der Waals surface area contributed by atoms with Crippen molar-refractivity contribution in [3.8, 4) is 17.0 Å². The molecule has 0 saturated carbocycles. The zero-order valence-electron chi connectivity index (χ0n) is 15.2. The van der Waals surface area contributed by atoms with E-state index in [1.165, 1.54) is 5.56 Å². The topological polar surface area (TPSA) is 51.2 Å². The highest BCUT2D eigenvalue weighted by Gasteiger charge is 2.10. The van der Waals surface area contributed by atoms with Gasteiger partial charge in [-0.3, -0.25) is 9.78 Å². The number of nitrogens with zero attached hydrogens (tertiary/aromatic N) is 1. The van der Waals surface area contributed by atoms with Crippen LogP contribution in [0.2, 0.25) is 0 Å². The standard InChI is InChI=1S/C22H22N2O2/c1-4-16-6-9-18(10-7-16)24-22(25)17-8-11-20(23-14-17)19-13-15(2)5-12-21(19)26-3/h5-14H,4H2,1-3H3,(H,24,25). The highest BCUT2D eigenvalue weighted by atomic mass is 16.5. The van der Waals surface area contributed by atoms with Gasteiger partial charge in [-0.25, -0.2) is 0 Å². The highest BCUT2D eigenvalue weighted by Crippen LogP contribution is 2.29. The first-order chi connectivity index (χ1) is 12.6. The van der Waals surface area contributed by atoms with Crippen molar-refractivity contribution in [3.63, 3.8) is 0 Å². The molecule has 1 N–H and O–H groups in total. The molecule has 0 aliphatic rings. The minimum Gasteiger partial charge on any atom is -0.496 e. The van der Waals surface area contributed by atoms with Gasteiger partial charge in [-0.15, -0.1) is 0 Å². The number of aromatic nitrogens is 1. The summed E-state index contributed by atoms with van der Waals surface area (Å²) >= 11 is 0. The van der Waals surface area contributed by atoms with Gasteiger partial charge in [-0.1, -0.05) is 30.7 Å². The lowest BCUT2D eigenvalue weighted by Gasteiger charge is -2.10. The van der Waals surface area contributed by atoms with Crippen molar-refractivity contribution in [2.24, 2.45) is 0 Å². The number of hydrogen-bond acceptors (Lipinski definition) is 3. The molecule has 3 aromatic rings. The van der Waals surface area contributed by atoms with Crippen molar-refractivity contribution in [3.05, 3.63) is 77.5 Å². The number of ether oxygens (including phenoxy) is 1. The Hall–Kier alpha value is -3.14. The number of aryl methyl sites for hydroxylation is 2. The van der Waals surface area contributed by atoms with Gasteiger partial charge in [0.05, 0.1) is 18.4 Å². The average molecular weight is 346 g/mol. The molecule has 4 nitrogen and oxygen atoms in total. The number of rotatable bonds is 5. The van der Waals surface area contributed by atoms with Crippen LogP contribution in [-0.2, 0) is 6.42 Å². The Morgan fingerprint density at radius 1 is 1.08 bits per heavy atom. The highest BCUT2D eigenvalue weighted by molar-refractivity contribution is 6.04. The number of anilines is 1. The van der Waals surface area contributed by atoms with Crippen LogP contribution in [0.25, 0.3) is 11.3 Å². The van der Waals surface area contributed by atoms with E-state index in [0.29, 0.717) is 5.56 Å². The summed E-state index contributed by atoms with van der Waals surface area (Å²) in [6.07, 6.45) is 2.56. The molecule has 0 aliphatic heterocycles. The van der Waals surface area contributed by atoms with E-state index in [1.807, 2.05) is 55.5 Å². The predicted molar refractivity (Wildman–Crippen MR) is 105 cm³/mol. The molecule has 0 unspecified atom stereocenters. The molecule has 0 radical (unpaired) electrons. The summed E-state index contributed by atoms with van der Waals surface area (Å²) in [7, 11) is 1.64. The Labute approximate surface area is 153 Å². The molecule has 0 saturated heterocycles. The molecule has 26 heavy (non-hydrogen) atoms. The van der Waals surface area contributed by atoms with Crippen molar-refractivity contribution in [1.29, 1.82) is 0 Å². The van der Waals surface area contributed by atoms with E-state index in [4.69, 9.17) is 4.74 Å². The minimum atomic E-state index is -0.176. The molecule has 4 heteroatoms. The Balaban J connectivity index is 1.78. The quantitative estimate of drug-likeness (QED) is 0.716. The monoisotopic (exact) mass is 346 g/mol. The van der Waals surface area contributed by atoms with Crippen molar-refractivity contribution in [2.45, 2.75) is 20.3 Å². The molecule has 0 atom stereocenters. The van der Waals surface area contributed by atoms with E-state index in [2.05, 4.69) is 17.2 Å². The second-order valence-corrected chi connectivity index (χ2v) is 6.14. The van der Waals surface area contributed by atoms with E-state index in [0.717, 1.165) is 34.7 Å². The smallest absolute Gasteiger partial charge is 0.257 e. The third kappa shape index (κ3) is 3.91. The number of nitrogens with one attached hydrogen (secondary N) is 1. The third-order valence-corrected chi connectivity index (χ3v) is 4.28. The number of pyridine rings is 1. The van der Waals surface area contributed by atoms with Crippen molar-refractivity contribution in [2.75, 3.05) is 12.4 Å². The first kappa shape index (κ1) is 17.7. The summed E-state index contributed by atoms with van der Waals surface area (Å²) in [5.74, 6) is 0.584. The fourth-order valence-corrected chi connectivity index (χ4v) is 2.74. The van der Waals surface area contributed by atoms with Crippen LogP contribution in [0.1, 0.15) is 28.4 Å². The molecular formula is C22H22N2O2. The van der Waals surface area contributed by atoms with Gasteiger partial charge in [0.25, 0.3) is 5.91 Å². The lowest BCUT2D eigenvalue weighted by Crippen LogP contribution is -2.12. The first-order valence-electron chi connectivity index (χ1n) is 8.62. The van der Waals surface area contributed by atoms with Gasteiger partial charge in [0.2, 0.25) is 0 Å². The van der Waals surface area contributed by atoms with E-state index in [-0.39, 0.29) is 5.91 Å². The van der Waals surface area contributed by atoms with Gasteiger partial charge < -0.3 is 10.1 Å². The maximum absolute atomic E-state index is 12.4. The minimum absolute atomic E-state index is 0.176. The fourth-order valence-electron chi connectivity index (χ4n) is 2.74. The summed E-state index contributed by atoms with van der Waals surface area (Å²) in [6, 6.07) is 17.4. The second kappa shape index (κ2) is 7.83. The molecule has 1 aromatic heterocycles. The van der Waals surface area contributed by atoms with Crippen LogP contribution in [0.5, 0.6) is 5.75 Å². The van der Waals surface area contributed by atoms with Crippen molar-refractivity contribution >= 4 is 11.6 Å². The summed E-state index contributed by atoms with van der Waals surface area (Å²) in [5.41, 5.74) is 5.33. The second-order valence-electron chi connectivity index (χ2n) is 6.14. The largest absolute Gasteiger partial charge is 0.496 e. The Kier molecular flexibility index (Phi) is 5.32. The average Bonchev–Trinajstić information content (AvgIpc) is 2.68. The predicted octanol–water partition coefficient (Wildman–Crippen LogP) is 4.88. The summed E-state index contributed by atoms with van der Waals surface area (Å²) in [5, 5.41) is 2.90. The number of carbonyl (C=O) groups excluding carboxylic acids is 1. The van der Waals surface area contributed by atoms with Gasteiger partial charge >= 0.3 is 0 Å². The van der Waals surface area contributed by atoms with E-state index in [1.54, 1.807) is 19.4 Å². The maximum Gasteiger partial charge on any atom is 0.257 e. The number of carbonyl (C=O) groups is 1. The number of methoxy groups -OCH3 is 1. The van der Waals surface area contributed by atoms with E-state index >= 15 is 0 Å². The van der Waals surface area contributed by atoms with Crippen LogP contribution in [0.15, 0.2) is 60.8 Å². The molecule has 132 valence electrons. The molecule has 0 spiro atoms. The van der Waals surface area contributed by atoms with Crippen LogP contribution < -0.4 is 10.1 Å².